The van der Waals surface area contributed by atoms with Crippen LogP contribution in [0.4, 0.5) is 4.39 Å². The van der Waals surface area contributed by atoms with Crippen LogP contribution >= 0.6 is 0 Å². The molecule has 1 N–H and O–H groups in total. The number of sulfone groups is 1. The van der Waals surface area contributed by atoms with Gasteiger partial charge in [-0.25, -0.2) is 12.8 Å². The van der Waals surface area contributed by atoms with Gasteiger partial charge in [-0.1, -0.05) is 18.6 Å². The fourth-order valence-corrected chi connectivity index (χ4v) is 4.44. The molecule has 0 heterocycles. The molecular formula is C16H23FO3S. The molecule has 1 aliphatic carbocycles. The van der Waals surface area contributed by atoms with Crippen LogP contribution in [-0.2, 0) is 16.3 Å². The van der Waals surface area contributed by atoms with Crippen molar-refractivity contribution in [2.75, 3.05) is 6.26 Å². The molecule has 0 bridgehead atoms. The van der Waals surface area contributed by atoms with Crippen molar-refractivity contribution in [3.63, 3.8) is 0 Å². The predicted octanol–water partition coefficient (Wildman–Crippen LogP) is 2.72. The molecule has 3 atom stereocenters. The van der Waals surface area contributed by atoms with E-state index in [2.05, 4.69) is 0 Å². The highest BCUT2D eigenvalue weighted by molar-refractivity contribution is 7.91. The van der Waals surface area contributed by atoms with Crippen LogP contribution in [0.1, 0.15) is 38.2 Å². The van der Waals surface area contributed by atoms with Gasteiger partial charge in [-0.15, -0.1) is 0 Å². The summed E-state index contributed by atoms with van der Waals surface area (Å²) in [5, 5.41) is 10.4. The summed E-state index contributed by atoms with van der Waals surface area (Å²) in [5.74, 6) is -0.343. The molecule has 1 saturated carbocycles. The number of halogens is 1. The molecule has 118 valence electrons. The quantitative estimate of drug-likeness (QED) is 0.929. The van der Waals surface area contributed by atoms with Gasteiger partial charge in [0, 0.05) is 12.7 Å². The molecular weight excluding hydrogens is 291 g/mol. The topological polar surface area (TPSA) is 54.4 Å². The first-order valence-electron chi connectivity index (χ1n) is 7.34. The summed E-state index contributed by atoms with van der Waals surface area (Å²) in [6.07, 6.45) is 4.53. The minimum Gasteiger partial charge on any atom is -0.390 e. The molecule has 3 nitrogen and oxygen atoms in total. The Hall–Kier alpha value is -0.940. The van der Waals surface area contributed by atoms with Gasteiger partial charge < -0.3 is 5.11 Å². The summed E-state index contributed by atoms with van der Waals surface area (Å²) < 4.78 is 36.4. The summed E-state index contributed by atoms with van der Waals surface area (Å²) in [7, 11) is -3.06. The van der Waals surface area contributed by atoms with Crippen LogP contribution in [-0.4, -0.2) is 30.6 Å². The smallest absolute Gasteiger partial charge is 0.150 e. The van der Waals surface area contributed by atoms with E-state index in [1.165, 1.54) is 18.4 Å². The zero-order valence-corrected chi connectivity index (χ0v) is 13.4. The van der Waals surface area contributed by atoms with Crippen LogP contribution in [0.5, 0.6) is 0 Å². The second-order valence-corrected chi connectivity index (χ2v) is 8.80. The highest BCUT2D eigenvalue weighted by Crippen LogP contribution is 2.37. The molecule has 21 heavy (non-hydrogen) atoms. The molecule has 1 aromatic rings. The highest BCUT2D eigenvalue weighted by Gasteiger charge is 2.38. The SMILES string of the molecule is CC(O)(Cc1ccc(F)cc1)C1CCCC(S(C)(=O)=O)C1. The van der Waals surface area contributed by atoms with Crippen LogP contribution in [0.15, 0.2) is 24.3 Å². The first-order chi connectivity index (χ1) is 9.68. The van der Waals surface area contributed by atoms with E-state index in [-0.39, 0.29) is 17.0 Å². The van der Waals surface area contributed by atoms with Crippen molar-refractivity contribution < 1.29 is 17.9 Å². The standard InChI is InChI=1S/C16H23FO3S/c1-16(18,11-12-6-8-14(17)9-7-12)13-4-3-5-15(10-13)21(2,19)20/h6-9,13,15,18H,3-5,10-11H2,1-2H3. The van der Waals surface area contributed by atoms with E-state index < -0.39 is 15.4 Å². The van der Waals surface area contributed by atoms with Crippen molar-refractivity contribution >= 4 is 9.84 Å². The summed E-state index contributed by atoms with van der Waals surface area (Å²) in [4.78, 5) is 0. The van der Waals surface area contributed by atoms with Crippen molar-refractivity contribution in [2.24, 2.45) is 5.92 Å². The minimum absolute atomic E-state index is 0.0453. The molecule has 1 aromatic carbocycles. The lowest BCUT2D eigenvalue weighted by Crippen LogP contribution is -2.42. The lowest BCUT2D eigenvalue weighted by atomic mass is 9.75. The average molecular weight is 314 g/mol. The van der Waals surface area contributed by atoms with Gasteiger partial charge in [0.1, 0.15) is 15.7 Å². The number of aliphatic hydroxyl groups is 1. The van der Waals surface area contributed by atoms with E-state index in [4.69, 9.17) is 0 Å². The predicted molar refractivity (Wildman–Crippen MR) is 81.3 cm³/mol. The maximum absolute atomic E-state index is 12.9. The highest BCUT2D eigenvalue weighted by atomic mass is 32.2. The third kappa shape index (κ3) is 4.27. The maximum atomic E-state index is 12.9. The third-order valence-electron chi connectivity index (χ3n) is 4.59. The van der Waals surface area contributed by atoms with E-state index in [1.807, 2.05) is 0 Å². The zero-order valence-electron chi connectivity index (χ0n) is 12.5. The summed E-state index contributed by atoms with van der Waals surface area (Å²) in [6.45, 7) is 1.76. The molecule has 0 radical (unpaired) electrons. The third-order valence-corrected chi connectivity index (χ3v) is 6.23. The van der Waals surface area contributed by atoms with Gasteiger partial charge >= 0.3 is 0 Å². The Morgan fingerprint density at radius 1 is 1.29 bits per heavy atom. The fourth-order valence-electron chi connectivity index (χ4n) is 3.26. The normalized spacial score (nSPS) is 26.3. The molecule has 0 spiro atoms. The van der Waals surface area contributed by atoms with Crippen LogP contribution in [0.2, 0.25) is 0 Å². The Morgan fingerprint density at radius 2 is 1.90 bits per heavy atom. The zero-order chi connectivity index (χ0) is 15.7. The second-order valence-electron chi connectivity index (χ2n) is 6.48. The van der Waals surface area contributed by atoms with E-state index in [1.54, 1.807) is 19.1 Å². The van der Waals surface area contributed by atoms with E-state index in [9.17, 15) is 17.9 Å². The maximum Gasteiger partial charge on any atom is 0.150 e. The Bertz CT molecular complexity index is 578. The van der Waals surface area contributed by atoms with Crippen molar-refractivity contribution in [2.45, 2.75) is 49.9 Å². The Kier molecular flexibility index (Phi) is 4.73. The van der Waals surface area contributed by atoms with Crippen molar-refractivity contribution in [3.05, 3.63) is 35.6 Å². The molecule has 0 amide bonds. The molecule has 0 saturated heterocycles. The van der Waals surface area contributed by atoms with Crippen LogP contribution in [0, 0.1) is 11.7 Å². The van der Waals surface area contributed by atoms with Crippen molar-refractivity contribution in [1.29, 1.82) is 0 Å². The van der Waals surface area contributed by atoms with E-state index in [0.29, 0.717) is 19.3 Å². The number of benzene rings is 1. The monoisotopic (exact) mass is 314 g/mol. The van der Waals surface area contributed by atoms with Crippen LogP contribution in [0.3, 0.4) is 0 Å². The van der Waals surface area contributed by atoms with Gasteiger partial charge in [-0.05, 0) is 49.8 Å². The average Bonchev–Trinajstić information content (AvgIpc) is 2.40. The van der Waals surface area contributed by atoms with E-state index in [0.717, 1.165) is 18.4 Å². The first kappa shape index (κ1) is 16.4. The van der Waals surface area contributed by atoms with E-state index >= 15 is 0 Å². The van der Waals surface area contributed by atoms with Crippen molar-refractivity contribution in [1.82, 2.24) is 0 Å². The Labute approximate surface area is 126 Å². The molecule has 2 rings (SSSR count). The van der Waals surface area contributed by atoms with Crippen LogP contribution in [0.25, 0.3) is 0 Å². The van der Waals surface area contributed by atoms with Gasteiger partial charge in [0.25, 0.3) is 0 Å². The minimum atomic E-state index is -3.06. The lowest BCUT2D eigenvalue weighted by Gasteiger charge is -2.38. The lowest BCUT2D eigenvalue weighted by molar-refractivity contribution is -0.0153. The molecule has 3 unspecified atom stereocenters. The second kappa shape index (κ2) is 6.05. The number of rotatable bonds is 4. The molecule has 0 aromatic heterocycles. The summed E-state index contributed by atoms with van der Waals surface area (Å²) in [5.41, 5.74) is -0.107. The number of hydrogen-bond donors (Lipinski definition) is 1. The Morgan fingerprint density at radius 3 is 2.48 bits per heavy atom. The molecule has 5 heteroatoms. The van der Waals surface area contributed by atoms with Gasteiger partial charge in [0.15, 0.2) is 0 Å². The molecule has 0 aliphatic heterocycles. The first-order valence-corrected chi connectivity index (χ1v) is 9.29. The summed E-state index contributed by atoms with van der Waals surface area (Å²) in [6, 6.07) is 6.10. The fraction of sp³-hybridized carbons (Fsp3) is 0.625. The van der Waals surface area contributed by atoms with Crippen molar-refractivity contribution in [3.8, 4) is 0 Å². The molecule has 1 fully saturated rings. The van der Waals surface area contributed by atoms with Gasteiger partial charge in [0.2, 0.25) is 0 Å². The molecule has 1 aliphatic rings. The number of hydrogen-bond acceptors (Lipinski definition) is 3. The Balaban J connectivity index is 2.09. The van der Waals surface area contributed by atoms with Gasteiger partial charge in [-0.3, -0.25) is 0 Å². The summed E-state index contributed by atoms with van der Waals surface area (Å²) >= 11 is 0. The van der Waals surface area contributed by atoms with Gasteiger partial charge in [0.05, 0.1) is 10.9 Å². The largest absolute Gasteiger partial charge is 0.390 e. The van der Waals surface area contributed by atoms with Crippen LogP contribution < -0.4 is 0 Å². The van der Waals surface area contributed by atoms with Gasteiger partial charge in [-0.2, -0.15) is 0 Å².